The molecule has 1 amide bonds. The van der Waals surface area contributed by atoms with Crippen molar-refractivity contribution in [1.82, 2.24) is 14.5 Å². The SMILES string of the molecule is Cc1ccc(NC(=O)c2nnc([C@H]3CCCN(S(=O)(=O)c4cccc(Cl)c4)C3)s2)cc1. The van der Waals surface area contributed by atoms with Gasteiger partial charge in [0.2, 0.25) is 15.0 Å². The summed E-state index contributed by atoms with van der Waals surface area (Å²) in [5.41, 5.74) is 1.79. The minimum atomic E-state index is -3.65. The van der Waals surface area contributed by atoms with Crippen molar-refractivity contribution in [2.75, 3.05) is 18.4 Å². The van der Waals surface area contributed by atoms with Crippen LogP contribution in [0.15, 0.2) is 53.4 Å². The maximum absolute atomic E-state index is 13.0. The second kappa shape index (κ2) is 9.04. The number of carbonyl (C=O) groups is 1. The van der Waals surface area contributed by atoms with Gasteiger partial charge < -0.3 is 5.32 Å². The summed E-state index contributed by atoms with van der Waals surface area (Å²) < 4.78 is 27.5. The maximum atomic E-state index is 13.0. The molecule has 0 radical (unpaired) electrons. The van der Waals surface area contributed by atoms with E-state index in [2.05, 4.69) is 15.5 Å². The van der Waals surface area contributed by atoms with Crippen LogP contribution in [-0.2, 0) is 10.0 Å². The fraction of sp³-hybridized carbons (Fsp3) is 0.286. The highest BCUT2D eigenvalue weighted by atomic mass is 35.5. The molecule has 3 aromatic rings. The van der Waals surface area contributed by atoms with Gasteiger partial charge >= 0.3 is 0 Å². The molecule has 1 saturated heterocycles. The van der Waals surface area contributed by atoms with Gasteiger partial charge in [-0.2, -0.15) is 4.31 Å². The molecule has 0 bridgehead atoms. The van der Waals surface area contributed by atoms with Gasteiger partial charge in [0.25, 0.3) is 5.91 Å². The van der Waals surface area contributed by atoms with E-state index in [-0.39, 0.29) is 21.7 Å². The summed E-state index contributed by atoms with van der Waals surface area (Å²) in [6.07, 6.45) is 1.49. The summed E-state index contributed by atoms with van der Waals surface area (Å²) in [7, 11) is -3.65. The van der Waals surface area contributed by atoms with Crippen molar-refractivity contribution in [2.45, 2.75) is 30.6 Å². The predicted octanol–water partition coefficient (Wildman–Crippen LogP) is 4.32. The van der Waals surface area contributed by atoms with Crippen LogP contribution in [0, 0.1) is 6.92 Å². The molecule has 2 aromatic carbocycles. The number of rotatable bonds is 5. The molecule has 1 aliphatic rings. The first kappa shape index (κ1) is 21.9. The van der Waals surface area contributed by atoms with E-state index in [1.807, 2.05) is 31.2 Å². The van der Waals surface area contributed by atoms with Crippen LogP contribution in [0.4, 0.5) is 5.69 Å². The second-order valence-electron chi connectivity index (χ2n) is 7.43. The van der Waals surface area contributed by atoms with Gasteiger partial charge in [-0.1, -0.05) is 46.7 Å². The Balaban J connectivity index is 1.47. The first-order valence-electron chi connectivity index (χ1n) is 9.80. The van der Waals surface area contributed by atoms with Gasteiger partial charge in [-0.15, -0.1) is 10.2 Å². The number of piperidine rings is 1. The van der Waals surface area contributed by atoms with Gasteiger partial charge in [0.1, 0.15) is 5.01 Å². The molecule has 0 spiro atoms. The summed E-state index contributed by atoms with van der Waals surface area (Å²) in [6, 6.07) is 13.8. The van der Waals surface area contributed by atoms with E-state index >= 15 is 0 Å². The summed E-state index contributed by atoms with van der Waals surface area (Å²) in [5.74, 6) is -0.437. The van der Waals surface area contributed by atoms with Gasteiger partial charge in [-0.25, -0.2) is 8.42 Å². The number of carbonyl (C=O) groups excluding carboxylic acids is 1. The Bertz CT molecular complexity index is 1200. The molecule has 4 rings (SSSR count). The van der Waals surface area contributed by atoms with E-state index < -0.39 is 10.0 Å². The van der Waals surface area contributed by atoms with Crippen LogP contribution >= 0.6 is 22.9 Å². The first-order chi connectivity index (χ1) is 14.8. The number of nitrogens with one attached hydrogen (secondary N) is 1. The summed E-state index contributed by atoms with van der Waals surface area (Å²) in [4.78, 5) is 12.7. The van der Waals surface area contributed by atoms with Crippen LogP contribution in [0.1, 0.15) is 39.1 Å². The number of anilines is 1. The monoisotopic (exact) mass is 476 g/mol. The highest BCUT2D eigenvalue weighted by Gasteiger charge is 2.33. The molecule has 2 heterocycles. The molecule has 10 heteroatoms. The highest BCUT2D eigenvalue weighted by molar-refractivity contribution is 7.89. The van der Waals surface area contributed by atoms with Crippen LogP contribution in [-0.4, -0.2) is 41.9 Å². The van der Waals surface area contributed by atoms with Crippen LogP contribution in [0.2, 0.25) is 5.02 Å². The minimum absolute atomic E-state index is 0.110. The van der Waals surface area contributed by atoms with Gasteiger partial charge in [0.05, 0.1) is 4.90 Å². The first-order valence-corrected chi connectivity index (χ1v) is 12.4. The van der Waals surface area contributed by atoms with Crippen molar-refractivity contribution in [2.24, 2.45) is 0 Å². The zero-order valence-corrected chi connectivity index (χ0v) is 19.2. The zero-order valence-electron chi connectivity index (χ0n) is 16.8. The van der Waals surface area contributed by atoms with E-state index in [0.717, 1.165) is 12.0 Å². The fourth-order valence-electron chi connectivity index (χ4n) is 3.45. The van der Waals surface area contributed by atoms with Crippen LogP contribution in [0.5, 0.6) is 0 Å². The number of benzene rings is 2. The summed E-state index contributed by atoms with van der Waals surface area (Å²) in [5, 5.41) is 12.3. The third-order valence-electron chi connectivity index (χ3n) is 5.11. The fourth-order valence-corrected chi connectivity index (χ4v) is 6.14. The molecule has 1 aliphatic heterocycles. The Morgan fingerprint density at radius 3 is 2.71 bits per heavy atom. The number of nitrogens with zero attached hydrogens (tertiary/aromatic N) is 3. The van der Waals surface area contributed by atoms with Crippen molar-refractivity contribution in [3.05, 3.63) is 69.1 Å². The standard InChI is InChI=1S/C21H21ClN4O3S2/c1-14-7-9-17(10-8-14)23-19(27)21-25-24-20(30-21)15-4-3-11-26(13-15)31(28,29)18-6-2-5-16(22)12-18/h2,5-10,12,15H,3-4,11,13H2,1H3,(H,23,27)/t15-/m0/s1. The Morgan fingerprint density at radius 1 is 1.19 bits per heavy atom. The zero-order chi connectivity index (χ0) is 22.0. The van der Waals surface area contributed by atoms with Crippen molar-refractivity contribution in [3.8, 4) is 0 Å². The number of aryl methyl sites for hydroxylation is 1. The largest absolute Gasteiger partial charge is 0.320 e. The van der Waals surface area contributed by atoms with Crippen LogP contribution < -0.4 is 5.32 Å². The van der Waals surface area contributed by atoms with E-state index in [1.165, 1.54) is 21.7 Å². The van der Waals surface area contributed by atoms with Crippen molar-refractivity contribution < 1.29 is 13.2 Å². The molecule has 1 N–H and O–H groups in total. The molecule has 1 aromatic heterocycles. The van der Waals surface area contributed by atoms with Crippen molar-refractivity contribution in [1.29, 1.82) is 0 Å². The lowest BCUT2D eigenvalue weighted by atomic mass is 10.0. The third kappa shape index (κ3) is 4.95. The van der Waals surface area contributed by atoms with Gasteiger partial charge in [0.15, 0.2) is 0 Å². The van der Waals surface area contributed by atoms with Crippen LogP contribution in [0.25, 0.3) is 0 Å². The lowest BCUT2D eigenvalue weighted by Gasteiger charge is -2.30. The molecule has 7 nitrogen and oxygen atoms in total. The quantitative estimate of drug-likeness (QED) is 0.592. The summed E-state index contributed by atoms with van der Waals surface area (Å²) >= 11 is 7.18. The topological polar surface area (TPSA) is 92.3 Å². The molecular formula is C21H21ClN4O3S2. The molecule has 162 valence electrons. The van der Waals surface area contributed by atoms with E-state index in [0.29, 0.717) is 35.2 Å². The highest BCUT2D eigenvalue weighted by Crippen LogP contribution is 2.32. The normalized spacial score (nSPS) is 17.4. The average Bonchev–Trinajstić information content (AvgIpc) is 3.26. The lowest BCUT2D eigenvalue weighted by molar-refractivity contribution is 0.102. The molecular weight excluding hydrogens is 456 g/mol. The van der Waals surface area contributed by atoms with Crippen LogP contribution in [0.3, 0.4) is 0 Å². The predicted molar refractivity (Wildman–Crippen MR) is 121 cm³/mol. The molecule has 1 atom stereocenters. The van der Waals surface area contributed by atoms with E-state index in [4.69, 9.17) is 11.6 Å². The van der Waals surface area contributed by atoms with Crippen molar-refractivity contribution >= 4 is 44.6 Å². The Morgan fingerprint density at radius 2 is 1.97 bits per heavy atom. The van der Waals surface area contributed by atoms with Crippen molar-refractivity contribution in [3.63, 3.8) is 0 Å². The molecule has 0 aliphatic carbocycles. The molecule has 31 heavy (non-hydrogen) atoms. The number of halogens is 1. The minimum Gasteiger partial charge on any atom is -0.320 e. The maximum Gasteiger partial charge on any atom is 0.286 e. The number of sulfonamides is 1. The number of amides is 1. The molecule has 0 saturated carbocycles. The lowest BCUT2D eigenvalue weighted by Crippen LogP contribution is -2.39. The smallest absolute Gasteiger partial charge is 0.286 e. The Hall–Kier alpha value is -2.33. The second-order valence-corrected chi connectivity index (χ2v) is 10.8. The Labute approximate surface area is 190 Å². The third-order valence-corrected chi connectivity index (χ3v) is 8.29. The van der Waals surface area contributed by atoms with Gasteiger partial charge in [0, 0.05) is 29.7 Å². The average molecular weight is 477 g/mol. The Kier molecular flexibility index (Phi) is 6.38. The summed E-state index contributed by atoms with van der Waals surface area (Å²) in [6.45, 7) is 2.71. The number of hydrogen-bond donors (Lipinski definition) is 1. The van der Waals surface area contributed by atoms with E-state index in [1.54, 1.807) is 18.2 Å². The number of hydrogen-bond acceptors (Lipinski definition) is 6. The molecule has 0 unspecified atom stereocenters. The van der Waals surface area contributed by atoms with E-state index in [9.17, 15) is 13.2 Å². The van der Waals surface area contributed by atoms with Gasteiger partial charge in [-0.05, 0) is 50.1 Å². The number of aromatic nitrogens is 2. The van der Waals surface area contributed by atoms with Gasteiger partial charge in [-0.3, -0.25) is 4.79 Å². The molecule has 1 fully saturated rings.